The van der Waals surface area contributed by atoms with Crippen molar-refractivity contribution in [3.8, 4) is 5.75 Å². The number of benzene rings is 2. The number of rotatable bonds is 6. The number of anilines is 2. The van der Waals surface area contributed by atoms with Gasteiger partial charge in [-0.15, -0.1) is 0 Å². The largest absolute Gasteiger partial charge is 0.493 e. The van der Waals surface area contributed by atoms with Crippen LogP contribution in [0.3, 0.4) is 0 Å². The molecule has 0 unspecified atom stereocenters. The van der Waals surface area contributed by atoms with Crippen molar-refractivity contribution in [3.05, 3.63) is 54.6 Å². The summed E-state index contributed by atoms with van der Waals surface area (Å²) in [7, 11) is 0. The Hall–Kier alpha value is -2.49. The first-order valence-corrected chi connectivity index (χ1v) is 6.01. The van der Waals surface area contributed by atoms with Gasteiger partial charge < -0.3 is 15.2 Å². The third-order valence-corrected chi connectivity index (χ3v) is 2.50. The maximum Gasteiger partial charge on any atom is 0.306 e. The lowest BCUT2D eigenvalue weighted by Gasteiger charge is -2.08. The third kappa shape index (κ3) is 4.35. The van der Waals surface area contributed by atoms with Crippen molar-refractivity contribution in [1.82, 2.24) is 0 Å². The van der Waals surface area contributed by atoms with Crippen LogP contribution in [-0.4, -0.2) is 17.7 Å². The Bertz CT molecular complexity index is 523. The number of nitrogens with one attached hydrogen (secondary N) is 1. The number of ether oxygens (including phenoxy) is 1. The van der Waals surface area contributed by atoms with Gasteiger partial charge in [0.05, 0.1) is 13.0 Å². The summed E-state index contributed by atoms with van der Waals surface area (Å²) in [6.07, 6.45) is 0.00398. The van der Waals surface area contributed by atoms with E-state index in [4.69, 9.17) is 9.84 Å². The highest BCUT2D eigenvalue weighted by Gasteiger charge is 1.99. The Morgan fingerprint density at radius 3 is 2.26 bits per heavy atom. The van der Waals surface area contributed by atoms with Gasteiger partial charge in [-0.1, -0.05) is 18.2 Å². The number of carbonyl (C=O) groups is 1. The Morgan fingerprint density at radius 2 is 1.63 bits per heavy atom. The molecule has 0 fully saturated rings. The molecule has 19 heavy (non-hydrogen) atoms. The number of hydrogen-bond acceptors (Lipinski definition) is 3. The summed E-state index contributed by atoms with van der Waals surface area (Å²) in [4.78, 5) is 10.4. The number of carboxylic acid groups (broad SMARTS) is 1. The Kier molecular flexibility index (Phi) is 4.39. The lowest BCUT2D eigenvalue weighted by molar-refractivity contribution is -0.137. The molecule has 0 aliphatic rings. The molecule has 0 spiro atoms. The van der Waals surface area contributed by atoms with Gasteiger partial charge in [0, 0.05) is 11.4 Å². The minimum Gasteiger partial charge on any atom is -0.493 e. The second kappa shape index (κ2) is 6.44. The van der Waals surface area contributed by atoms with Crippen LogP contribution < -0.4 is 10.1 Å². The van der Waals surface area contributed by atoms with Crippen LogP contribution >= 0.6 is 0 Å². The van der Waals surface area contributed by atoms with Crippen molar-refractivity contribution in [3.63, 3.8) is 0 Å². The van der Waals surface area contributed by atoms with Crippen LogP contribution in [0.4, 0.5) is 11.4 Å². The molecular formula is C15H15NO3. The summed E-state index contributed by atoms with van der Waals surface area (Å²) < 4.78 is 5.31. The second-order valence-electron chi connectivity index (χ2n) is 4.01. The van der Waals surface area contributed by atoms with E-state index in [1.54, 1.807) is 0 Å². The van der Waals surface area contributed by atoms with Crippen LogP contribution in [-0.2, 0) is 4.79 Å². The fraction of sp³-hybridized carbons (Fsp3) is 0.133. The van der Waals surface area contributed by atoms with Crippen LogP contribution in [0.2, 0.25) is 0 Å². The van der Waals surface area contributed by atoms with E-state index >= 15 is 0 Å². The molecule has 2 rings (SSSR count). The average molecular weight is 257 g/mol. The monoisotopic (exact) mass is 257 g/mol. The van der Waals surface area contributed by atoms with Gasteiger partial charge in [-0.3, -0.25) is 4.79 Å². The van der Waals surface area contributed by atoms with Gasteiger partial charge in [-0.2, -0.15) is 0 Å². The van der Waals surface area contributed by atoms with E-state index in [9.17, 15) is 4.79 Å². The van der Waals surface area contributed by atoms with E-state index in [1.165, 1.54) is 0 Å². The topological polar surface area (TPSA) is 58.6 Å². The average Bonchev–Trinajstić information content (AvgIpc) is 2.42. The van der Waals surface area contributed by atoms with Crippen molar-refractivity contribution >= 4 is 17.3 Å². The van der Waals surface area contributed by atoms with Crippen molar-refractivity contribution in [2.75, 3.05) is 11.9 Å². The predicted octanol–water partition coefficient (Wildman–Crippen LogP) is 3.28. The van der Waals surface area contributed by atoms with Gasteiger partial charge in [-0.25, -0.2) is 0 Å². The zero-order chi connectivity index (χ0) is 13.5. The summed E-state index contributed by atoms with van der Waals surface area (Å²) in [5, 5.41) is 11.8. The smallest absolute Gasteiger partial charge is 0.306 e. The highest BCUT2D eigenvalue weighted by molar-refractivity contribution is 5.66. The van der Waals surface area contributed by atoms with Gasteiger partial charge in [0.2, 0.25) is 0 Å². The van der Waals surface area contributed by atoms with E-state index in [0.29, 0.717) is 5.75 Å². The van der Waals surface area contributed by atoms with E-state index < -0.39 is 5.97 Å². The van der Waals surface area contributed by atoms with Crippen molar-refractivity contribution in [2.24, 2.45) is 0 Å². The van der Waals surface area contributed by atoms with Crippen LogP contribution in [0, 0.1) is 0 Å². The van der Waals surface area contributed by atoms with Gasteiger partial charge >= 0.3 is 5.97 Å². The molecule has 4 nitrogen and oxygen atoms in total. The molecular weight excluding hydrogens is 242 g/mol. The molecule has 2 N–H and O–H groups in total. The van der Waals surface area contributed by atoms with Crippen LogP contribution in [0.25, 0.3) is 0 Å². The maximum atomic E-state index is 10.4. The molecule has 0 bridgehead atoms. The molecule has 0 radical (unpaired) electrons. The Morgan fingerprint density at radius 1 is 1.00 bits per heavy atom. The fourth-order valence-corrected chi connectivity index (χ4v) is 1.58. The molecule has 0 saturated heterocycles. The molecule has 98 valence electrons. The predicted molar refractivity (Wildman–Crippen MR) is 73.9 cm³/mol. The highest BCUT2D eigenvalue weighted by Crippen LogP contribution is 2.19. The van der Waals surface area contributed by atoms with Crippen molar-refractivity contribution < 1.29 is 14.6 Å². The number of carboxylic acids is 1. The second-order valence-corrected chi connectivity index (χ2v) is 4.01. The summed E-state index contributed by atoms with van der Waals surface area (Å²) in [5.74, 6) is -0.192. The first-order valence-electron chi connectivity index (χ1n) is 6.01. The van der Waals surface area contributed by atoms with Gasteiger partial charge in [0.15, 0.2) is 0 Å². The summed E-state index contributed by atoms with van der Waals surface area (Å²) in [5.41, 5.74) is 1.97. The first-order chi connectivity index (χ1) is 9.24. The molecule has 0 aliphatic carbocycles. The third-order valence-electron chi connectivity index (χ3n) is 2.50. The normalized spacial score (nSPS) is 9.89. The Labute approximate surface area is 111 Å². The molecule has 0 amide bonds. The van der Waals surface area contributed by atoms with E-state index in [1.807, 2.05) is 54.6 Å². The summed E-state index contributed by atoms with van der Waals surface area (Å²) >= 11 is 0. The van der Waals surface area contributed by atoms with Crippen LogP contribution in [0.1, 0.15) is 6.42 Å². The van der Waals surface area contributed by atoms with Gasteiger partial charge in [-0.05, 0) is 36.4 Å². The van der Waals surface area contributed by atoms with Gasteiger partial charge in [0.1, 0.15) is 5.75 Å². The van der Waals surface area contributed by atoms with Crippen molar-refractivity contribution in [2.45, 2.75) is 6.42 Å². The highest BCUT2D eigenvalue weighted by atomic mass is 16.5. The standard InChI is InChI=1S/C15H15NO3/c17-15(18)10-11-19-14-8-6-13(7-9-14)16-12-4-2-1-3-5-12/h1-9,16H,10-11H2,(H,17,18). The molecule has 0 saturated carbocycles. The minimum atomic E-state index is -0.859. The SMILES string of the molecule is O=C(O)CCOc1ccc(Nc2ccccc2)cc1. The zero-order valence-electron chi connectivity index (χ0n) is 10.4. The number of hydrogen-bond donors (Lipinski definition) is 2. The number of aliphatic carboxylic acids is 1. The molecule has 4 heteroatoms. The molecule has 2 aromatic carbocycles. The van der Waals surface area contributed by atoms with E-state index in [-0.39, 0.29) is 13.0 Å². The maximum absolute atomic E-state index is 10.4. The van der Waals surface area contributed by atoms with E-state index in [0.717, 1.165) is 11.4 Å². The van der Waals surface area contributed by atoms with Gasteiger partial charge in [0.25, 0.3) is 0 Å². The molecule has 0 aromatic heterocycles. The first kappa shape index (κ1) is 13.0. The lowest BCUT2D eigenvalue weighted by atomic mass is 10.2. The van der Waals surface area contributed by atoms with E-state index in [2.05, 4.69) is 5.32 Å². The summed E-state index contributed by atoms with van der Waals surface area (Å²) in [6, 6.07) is 17.3. The fourth-order valence-electron chi connectivity index (χ4n) is 1.58. The molecule has 0 heterocycles. The van der Waals surface area contributed by atoms with Crippen LogP contribution in [0.5, 0.6) is 5.75 Å². The molecule has 2 aromatic rings. The molecule has 0 aliphatic heterocycles. The zero-order valence-corrected chi connectivity index (χ0v) is 10.4. The minimum absolute atomic E-state index is 0.00398. The Balaban J connectivity index is 1.89. The quantitative estimate of drug-likeness (QED) is 0.833. The van der Waals surface area contributed by atoms with Crippen molar-refractivity contribution in [1.29, 1.82) is 0 Å². The summed E-state index contributed by atoms with van der Waals surface area (Å²) in [6.45, 7) is 0.181. The molecule has 0 atom stereocenters. The lowest BCUT2D eigenvalue weighted by Crippen LogP contribution is -2.04. The van der Waals surface area contributed by atoms with Crippen LogP contribution in [0.15, 0.2) is 54.6 Å². The number of para-hydroxylation sites is 1.